The molecule has 0 aliphatic carbocycles. The molecule has 3 N–H and O–H groups in total. The number of halogens is 9. The summed E-state index contributed by atoms with van der Waals surface area (Å²) in [6, 6.07) is 39.2. The fourth-order valence-electron chi connectivity index (χ4n) is 11.8. The summed E-state index contributed by atoms with van der Waals surface area (Å²) >= 11 is 47.5. The van der Waals surface area contributed by atoms with Crippen LogP contribution in [0.3, 0.4) is 0 Å². The summed E-state index contributed by atoms with van der Waals surface area (Å²) in [7, 11) is 0. The Labute approximate surface area is 640 Å². The van der Waals surface area contributed by atoms with Gasteiger partial charge < -0.3 is 50.2 Å². The maximum Gasteiger partial charge on any atom is 0.237 e. The summed E-state index contributed by atoms with van der Waals surface area (Å²) in [4.78, 5) is 65.2. The summed E-state index contributed by atoms with van der Waals surface area (Å²) < 4.78 is 1.06. The molecule has 0 spiro atoms. The average Bonchev–Trinajstić information content (AvgIpc) is 1.50. The second kappa shape index (κ2) is 51.2. The lowest BCUT2D eigenvalue weighted by molar-refractivity contribution is -0.133. The standard InChI is InChI=1S/C17H24ClN3O.C16H22ClN3O.C12H14Cl2N2O.C10H13ClN2.C6H4BrCl.C5H11N.C4H9N.C2H2Cl2O.2CH4/c18-15-4-6-16(7-5-15)20-10-12-21(13-11-20)17(22)14-19-8-2-1-3-9-19;17-14-3-5-15(6-4-14)19-9-11-20(12-10-19)16(21)13-18-7-1-2-8-18;13-9-12(17)16-7-5-15(6-8-16)11-3-1-10(14)2-4-11;11-9-1-3-10(4-2-9)13-7-5-12-6-8-13;7-5-1-3-6(8)4-2-5;1-2-4-6-5-3-1;1-2-4-5-3-1;3-1-2(4)5;;/h4-7H,1-3,8-14H2;3-6H,1-2,7-13H2;1-4H,5-9H2;1-4,12H,5-8H2;1-4H;6H,1-5H2;5H,1-4H2;1H2;2*1H4. The van der Waals surface area contributed by atoms with E-state index < -0.39 is 5.24 Å². The number of nitrogens with zero attached hydrogens (tertiary/aromatic N) is 9. The van der Waals surface area contributed by atoms with Gasteiger partial charge in [0.2, 0.25) is 23.0 Å². The monoisotopic (exact) mass is 1590 g/mol. The quantitative estimate of drug-likeness (QED) is 0.0906. The topological polar surface area (TPSA) is 134 Å². The molecule has 3 amide bonds. The van der Waals surface area contributed by atoms with Crippen molar-refractivity contribution in [2.75, 3.05) is 202 Å². The van der Waals surface area contributed by atoms with Gasteiger partial charge in [0.25, 0.3) is 0 Å². The number of alkyl halides is 2. The number of piperidine rings is 2. The van der Waals surface area contributed by atoms with Crippen molar-refractivity contribution in [1.29, 1.82) is 0 Å². The van der Waals surface area contributed by atoms with E-state index in [1.165, 1.54) is 107 Å². The molecule has 8 fully saturated rings. The lowest BCUT2D eigenvalue weighted by Gasteiger charge is -2.37. The predicted molar refractivity (Wildman–Crippen MR) is 427 cm³/mol. The van der Waals surface area contributed by atoms with Gasteiger partial charge in [0.15, 0.2) is 0 Å². The number of anilines is 4. The second-order valence-corrected chi connectivity index (χ2v) is 28.4. The molecule has 550 valence electrons. The van der Waals surface area contributed by atoms with Crippen molar-refractivity contribution in [1.82, 2.24) is 40.4 Å². The summed E-state index contributed by atoms with van der Waals surface area (Å²) in [5.41, 5.74) is 4.79. The molecular weight excluding hydrogens is 1480 g/mol. The lowest BCUT2D eigenvalue weighted by atomic mass is 10.1. The Morgan fingerprint density at radius 1 is 0.313 bits per heavy atom. The highest BCUT2D eigenvalue weighted by Gasteiger charge is 2.26. The number of rotatable bonds is 10. The van der Waals surface area contributed by atoms with Gasteiger partial charge in [-0.1, -0.05) is 102 Å². The Balaban J connectivity index is 0.000000252. The SMILES string of the molecule is C.C.C1CCNC1.C1CCNCC1.Clc1ccc(Br)cc1.Clc1ccc(N2CCNCC2)cc1.O=C(CCl)N1CCN(c2ccc(Cl)cc2)CC1.O=C(CN1CCCC1)N1CCN(c2ccc(Cl)cc2)CC1.O=C(CN1CCCCC1)N1CCN(c2ccc(Cl)cc2)CC1.O=C(Cl)CCl. The Bertz CT molecular complexity index is 2920. The third-order valence-electron chi connectivity index (χ3n) is 17.3. The van der Waals surface area contributed by atoms with Gasteiger partial charge in [-0.05, 0) is 237 Å². The first-order valence-corrected chi connectivity index (χ1v) is 38.3. The molecule has 8 saturated heterocycles. The van der Waals surface area contributed by atoms with Crippen molar-refractivity contribution in [3.8, 4) is 0 Å². The molecule has 0 saturated carbocycles. The maximum absolute atomic E-state index is 12.4. The molecule has 13 rings (SSSR count). The van der Waals surface area contributed by atoms with E-state index in [1.807, 2.05) is 119 Å². The van der Waals surface area contributed by atoms with Crippen LogP contribution in [-0.4, -0.2) is 229 Å². The van der Waals surface area contributed by atoms with E-state index in [0.29, 0.717) is 13.1 Å². The first-order chi connectivity index (χ1) is 47.1. The predicted octanol–water partition coefficient (Wildman–Crippen LogP) is 15.0. The fraction of sp³-hybridized carbons (Fsp3) is 0.541. The maximum atomic E-state index is 12.4. The van der Waals surface area contributed by atoms with E-state index in [9.17, 15) is 19.2 Å². The second-order valence-electron chi connectivity index (χ2n) is 24.4. The first kappa shape index (κ1) is 87.4. The largest absolute Gasteiger partial charge is 0.369 e. The Morgan fingerprint density at radius 2 is 0.556 bits per heavy atom. The number of amides is 3. The molecule has 0 radical (unpaired) electrons. The van der Waals surface area contributed by atoms with E-state index in [1.54, 1.807) is 4.90 Å². The van der Waals surface area contributed by atoms with Crippen molar-refractivity contribution >= 4 is 154 Å². The third-order valence-corrected chi connectivity index (χ3v) is 19.9. The Kier molecular flexibility index (Phi) is 45.2. The van der Waals surface area contributed by atoms with Crippen LogP contribution in [0.25, 0.3) is 0 Å². The number of likely N-dealkylation sites (tertiary alicyclic amines) is 2. The van der Waals surface area contributed by atoms with Gasteiger partial charge in [-0.2, -0.15) is 0 Å². The summed E-state index contributed by atoms with van der Waals surface area (Å²) in [5, 5.41) is 13.2. The van der Waals surface area contributed by atoms with Crippen molar-refractivity contribution in [3.05, 3.63) is 151 Å². The number of carbonyl (C=O) groups is 4. The van der Waals surface area contributed by atoms with Crippen LogP contribution in [0.2, 0.25) is 25.1 Å². The molecule has 8 heterocycles. The van der Waals surface area contributed by atoms with Gasteiger partial charge in [0, 0.05) is 157 Å². The Hall–Kier alpha value is -4.02. The molecule has 99 heavy (non-hydrogen) atoms. The van der Waals surface area contributed by atoms with Crippen molar-refractivity contribution in [3.63, 3.8) is 0 Å². The molecule has 8 aliphatic heterocycles. The summed E-state index contributed by atoms with van der Waals surface area (Å²) in [6.45, 7) is 24.8. The number of benzene rings is 5. The number of hydrogen-bond acceptors (Lipinski definition) is 13. The van der Waals surface area contributed by atoms with Gasteiger partial charge in [0.05, 0.1) is 19.0 Å². The molecule has 0 unspecified atom stereocenters. The van der Waals surface area contributed by atoms with Crippen LogP contribution in [-0.2, 0) is 19.2 Å². The average molecular weight is 1590 g/mol. The third kappa shape index (κ3) is 35.3. The van der Waals surface area contributed by atoms with Crippen LogP contribution >= 0.6 is 109 Å². The van der Waals surface area contributed by atoms with E-state index in [0.717, 1.165) is 166 Å². The van der Waals surface area contributed by atoms with Gasteiger partial charge >= 0.3 is 0 Å². The summed E-state index contributed by atoms with van der Waals surface area (Å²) in [6.07, 6.45) is 13.2. The molecule has 25 heteroatoms. The van der Waals surface area contributed by atoms with E-state index in [2.05, 4.69) is 73.4 Å². The minimum Gasteiger partial charge on any atom is -0.369 e. The molecule has 8 aliphatic rings. The van der Waals surface area contributed by atoms with E-state index in [-0.39, 0.29) is 44.3 Å². The highest BCUT2D eigenvalue weighted by molar-refractivity contribution is 9.10. The van der Waals surface area contributed by atoms with Crippen LogP contribution in [0.15, 0.2) is 126 Å². The smallest absolute Gasteiger partial charge is 0.237 e. The van der Waals surface area contributed by atoms with Gasteiger partial charge in [-0.3, -0.25) is 29.0 Å². The van der Waals surface area contributed by atoms with Crippen molar-refractivity contribution < 1.29 is 19.2 Å². The number of carbonyl (C=O) groups excluding carboxylic acids is 4. The van der Waals surface area contributed by atoms with E-state index >= 15 is 0 Å². The zero-order valence-electron chi connectivity index (χ0n) is 56.0. The highest BCUT2D eigenvalue weighted by Crippen LogP contribution is 2.24. The molecule has 0 atom stereocenters. The molecule has 5 aromatic carbocycles. The zero-order valence-corrected chi connectivity index (χ0v) is 63.6. The van der Waals surface area contributed by atoms with Crippen LogP contribution in [0.4, 0.5) is 22.7 Å². The normalized spacial score (nSPS) is 17.6. The van der Waals surface area contributed by atoms with Crippen molar-refractivity contribution in [2.45, 2.75) is 79.1 Å². The lowest BCUT2D eigenvalue weighted by Crippen LogP contribution is -2.51. The zero-order chi connectivity index (χ0) is 69.4. The van der Waals surface area contributed by atoms with Crippen molar-refractivity contribution in [2.24, 2.45) is 0 Å². The van der Waals surface area contributed by atoms with Crippen LogP contribution in [0.5, 0.6) is 0 Å². The minimum absolute atomic E-state index is 0. The van der Waals surface area contributed by atoms with Crippen LogP contribution in [0.1, 0.15) is 79.1 Å². The Morgan fingerprint density at radius 3 is 0.808 bits per heavy atom. The molecule has 0 aromatic heterocycles. The van der Waals surface area contributed by atoms with Crippen LogP contribution < -0.4 is 35.6 Å². The van der Waals surface area contributed by atoms with E-state index in [4.69, 9.17) is 92.8 Å². The molecule has 0 bridgehead atoms. The molecule has 16 nitrogen and oxygen atoms in total. The fourth-order valence-corrected chi connectivity index (χ4v) is 12.8. The number of piperazine rings is 4. The molecular formula is C74H107BrCl8N12O4. The number of nitrogens with one attached hydrogen (secondary N) is 3. The number of hydrogen-bond donors (Lipinski definition) is 3. The first-order valence-electron chi connectivity index (χ1n) is 34.2. The van der Waals surface area contributed by atoms with Gasteiger partial charge in [-0.15, -0.1) is 23.2 Å². The highest BCUT2D eigenvalue weighted by atomic mass is 79.9. The van der Waals surface area contributed by atoms with Gasteiger partial charge in [-0.25, -0.2) is 0 Å². The summed E-state index contributed by atoms with van der Waals surface area (Å²) in [5.74, 6) is 0.565. The minimum atomic E-state index is -0.508. The molecule has 5 aromatic rings. The van der Waals surface area contributed by atoms with Crippen LogP contribution in [0, 0.1) is 0 Å². The van der Waals surface area contributed by atoms with Gasteiger partial charge in [0.1, 0.15) is 5.88 Å².